The van der Waals surface area contributed by atoms with Crippen LogP contribution in [0.25, 0.3) is 0 Å². The molecule has 2 aliphatic rings. The van der Waals surface area contributed by atoms with Crippen molar-refractivity contribution in [3.05, 3.63) is 70.2 Å². The summed E-state index contributed by atoms with van der Waals surface area (Å²) in [4.78, 5) is 3.89. The molecule has 3 heterocycles. The van der Waals surface area contributed by atoms with Crippen LogP contribution in [0.2, 0.25) is 0 Å². The van der Waals surface area contributed by atoms with Gasteiger partial charge < -0.3 is 10.1 Å². The first-order valence-corrected chi connectivity index (χ1v) is 13.5. The molecule has 1 atom stereocenters. The normalized spacial score (nSPS) is 20.1. The van der Waals surface area contributed by atoms with E-state index in [0.29, 0.717) is 17.5 Å². The van der Waals surface area contributed by atoms with E-state index in [1.807, 2.05) is 0 Å². The molecule has 37 heavy (non-hydrogen) atoms. The van der Waals surface area contributed by atoms with E-state index in [-0.39, 0.29) is 46.8 Å². The Bertz CT molecular complexity index is 1410. The molecule has 0 aliphatic carbocycles. The van der Waals surface area contributed by atoms with Crippen molar-refractivity contribution in [3.63, 3.8) is 0 Å². The summed E-state index contributed by atoms with van der Waals surface area (Å²) >= 11 is 1.13. The third kappa shape index (κ3) is 5.29. The fourth-order valence-electron chi connectivity index (χ4n) is 4.68. The molecule has 1 unspecified atom stereocenters. The van der Waals surface area contributed by atoms with Crippen LogP contribution < -0.4 is 14.8 Å². The number of anilines is 1. The molecule has 6 nitrogen and oxygen atoms in total. The maximum Gasteiger partial charge on any atom is 0.416 e. The first-order valence-electron chi connectivity index (χ1n) is 11.1. The Balaban J connectivity index is 0.00000320. The molecule has 2 aromatic carbocycles. The zero-order valence-corrected chi connectivity index (χ0v) is 22.2. The van der Waals surface area contributed by atoms with Crippen molar-refractivity contribution in [1.29, 1.82) is 0 Å². The number of benzene rings is 2. The van der Waals surface area contributed by atoms with Gasteiger partial charge in [-0.25, -0.2) is 17.8 Å². The number of fused-ring (bicyclic) bond motifs is 1. The fourth-order valence-corrected chi connectivity index (χ4v) is 6.49. The van der Waals surface area contributed by atoms with E-state index in [9.17, 15) is 21.6 Å². The lowest BCUT2D eigenvalue weighted by Crippen LogP contribution is -2.54. The average Bonchev–Trinajstić information content (AvgIpc) is 3.27. The van der Waals surface area contributed by atoms with Crippen LogP contribution in [0.5, 0.6) is 5.75 Å². The molecule has 0 saturated carbocycles. The number of rotatable bonds is 5. The summed E-state index contributed by atoms with van der Waals surface area (Å²) in [6.07, 6.45) is -2.77. The van der Waals surface area contributed by atoms with Crippen molar-refractivity contribution < 1.29 is 30.7 Å². The number of halogens is 5. The SMILES string of the molecule is CC1(C)CC(c2ccc(C(F)(F)F)cc2C2(F)CNC2)c2ccc(S(=O)(=O)Nc3nccs3)cc2O1.Cl. The lowest BCUT2D eigenvalue weighted by atomic mass is 9.74. The monoisotopic (exact) mass is 577 g/mol. The van der Waals surface area contributed by atoms with Crippen molar-refractivity contribution >= 4 is 38.9 Å². The van der Waals surface area contributed by atoms with Crippen molar-refractivity contribution in [2.45, 2.75) is 48.5 Å². The van der Waals surface area contributed by atoms with Crippen LogP contribution in [-0.2, 0) is 21.9 Å². The number of nitrogens with one attached hydrogen (secondary N) is 2. The molecule has 1 saturated heterocycles. The molecule has 0 radical (unpaired) electrons. The Morgan fingerprint density at radius 2 is 1.84 bits per heavy atom. The van der Waals surface area contributed by atoms with Gasteiger partial charge in [-0.15, -0.1) is 23.7 Å². The Hall–Kier alpha value is -2.41. The van der Waals surface area contributed by atoms with Crippen LogP contribution >= 0.6 is 23.7 Å². The van der Waals surface area contributed by atoms with Gasteiger partial charge in [-0.1, -0.05) is 12.1 Å². The van der Waals surface area contributed by atoms with Crippen LogP contribution in [0.1, 0.15) is 48.4 Å². The third-order valence-corrected chi connectivity index (χ3v) is 8.61. The second kappa shape index (κ2) is 9.40. The number of ether oxygens (including phenoxy) is 1. The lowest BCUT2D eigenvalue weighted by molar-refractivity contribution is -0.137. The van der Waals surface area contributed by atoms with Gasteiger partial charge in [-0.05, 0) is 49.6 Å². The summed E-state index contributed by atoms with van der Waals surface area (Å²) in [5, 5.41) is 4.66. The topological polar surface area (TPSA) is 80.3 Å². The first kappa shape index (κ1) is 27.6. The van der Waals surface area contributed by atoms with Crippen molar-refractivity contribution in [2.75, 3.05) is 17.8 Å². The molecule has 0 bridgehead atoms. The van der Waals surface area contributed by atoms with Gasteiger partial charge >= 0.3 is 6.18 Å². The predicted octanol–water partition coefficient (Wildman–Crippen LogP) is 5.85. The van der Waals surface area contributed by atoms with Crippen LogP contribution in [0.15, 0.2) is 52.9 Å². The highest BCUT2D eigenvalue weighted by Gasteiger charge is 2.45. The minimum atomic E-state index is -4.61. The first-order chi connectivity index (χ1) is 16.8. The molecular formula is C24H24ClF4N3O3S2. The second-order valence-corrected chi connectivity index (χ2v) is 12.2. The number of sulfonamides is 1. The third-order valence-electron chi connectivity index (χ3n) is 6.46. The summed E-state index contributed by atoms with van der Waals surface area (Å²) in [5.41, 5.74) is -2.62. The summed E-state index contributed by atoms with van der Waals surface area (Å²) in [7, 11) is -3.96. The van der Waals surface area contributed by atoms with E-state index in [4.69, 9.17) is 4.74 Å². The van der Waals surface area contributed by atoms with Gasteiger partial charge in [0.2, 0.25) is 0 Å². The molecule has 1 aromatic heterocycles. The summed E-state index contributed by atoms with van der Waals surface area (Å²) in [6.45, 7) is 3.44. The van der Waals surface area contributed by atoms with E-state index >= 15 is 4.39 Å². The molecular weight excluding hydrogens is 554 g/mol. The molecule has 200 valence electrons. The molecule has 3 aromatic rings. The fraction of sp³-hybridized carbons (Fsp3) is 0.375. The van der Waals surface area contributed by atoms with Crippen molar-refractivity contribution in [1.82, 2.24) is 10.3 Å². The smallest absolute Gasteiger partial charge is 0.416 e. The number of nitrogens with zero attached hydrogens (tertiary/aromatic N) is 1. The van der Waals surface area contributed by atoms with E-state index in [0.717, 1.165) is 23.5 Å². The minimum absolute atomic E-state index is 0. The highest BCUT2D eigenvalue weighted by molar-refractivity contribution is 7.93. The maximum atomic E-state index is 15.6. The van der Waals surface area contributed by atoms with Crippen LogP contribution in [-0.4, -0.2) is 32.1 Å². The average molecular weight is 578 g/mol. The van der Waals surface area contributed by atoms with E-state index in [1.165, 1.54) is 24.4 Å². The number of thiazole rings is 1. The second-order valence-electron chi connectivity index (χ2n) is 9.63. The maximum absolute atomic E-state index is 15.6. The van der Waals surface area contributed by atoms with E-state index in [1.54, 1.807) is 25.3 Å². The van der Waals surface area contributed by atoms with Crippen molar-refractivity contribution in [3.8, 4) is 5.75 Å². The Morgan fingerprint density at radius 3 is 2.43 bits per heavy atom. The lowest BCUT2D eigenvalue weighted by Gasteiger charge is -2.42. The largest absolute Gasteiger partial charge is 0.487 e. The number of hydrogen-bond acceptors (Lipinski definition) is 6. The summed E-state index contributed by atoms with van der Waals surface area (Å²) < 4.78 is 90.4. The van der Waals surface area contributed by atoms with Gasteiger partial charge in [0.25, 0.3) is 10.0 Å². The number of aromatic nitrogens is 1. The molecule has 0 spiro atoms. The Kier molecular flexibility index (Phi) is 7.02. The number of alkyl halides is 4. The van der Waals surface area contributed by atoms with Crippen LogP contribution in [0, 0.1) is 0 Å². The summed E-state index contributed by atoms with van der Waals surface area (Å²) in [6, 6.07) is 7.57. The zero-order valence-electron chi connectivity index (χ0n) is 19.7. The van der Waals surface area contributed by atoms with Gasteiger partial charge in [0.15, 0.2) is 10.8 Å². The van der Waals surface area contributed by atoms with E-state index < -0.39 is 39.0 Å². The van der Waals surface area contributed by atoms with Gasteiger partial charge in [0, 0.05) is 42.2 Å². The van der Waals surface area contributed by atoms with Crippen molar-refractivity contribution in [2.24, 2.45) is 0 Å². The Morgan fingerprint density at radius 1 is 1.14 bits per heavy atom. The van der Waals surface area contributed by atoms with Gasteiger partial charge in [-0.3, -0.25) is 4.72 Å². The molecule has 0 amide bonds. The molecule has 13 heteroatoms. The van der Waals surface area contributed by atoms with Crippen LogP contribution in [0.3, 0.4) is 0 Å². The van der Waals surface area contributed by atoms with Gasteiger partial charge in [0.05, 0.1) is 10.5 Å². The Labute approximate surface area is 221 Å². The minimum Gasteiger partial charge on any atom is -0.487 e. The standard InChI is InChI=1S/C24H23F4N3O3S2.ClH/c1-22(2)11-18(16-5-3-14(24(26,27)28)9-19(16)23(25)12-29-13-23)17-6-4-15(10-20(17)34-22)36(32,33)31-21-30-7-8-35-21;/h3-10,18,29H,11-13H2,1-2H3,(H,30,31);1H. The summed E-state index contributed by atoms with van der Waals surface area (Å²) in [5.74, 6) is -0.221. The number of hydrogen-bond donors (Lipinski definition) is 2. The molecule has 2 N–H and O–H groups in total. The highest BCUT2D eigenvalue weighted by atomic mass is 35.5. The van der Waals surface area contributed by atoms with Crippen LogP contribution in [0.4, 0.5) is 22.7 Å². The highest BCUT2D eigenvalue weighted by Crippen LogP contribution is 2.49. The molecule has 5 rings (SSSR count). The van der Waals surface area contributed by atoms with E-state index in [2.05, 4.69) is 15.0 Å². The van der Waals surface area contributed by atoms with Gasteiger partial charge in [0.1, 0.15) is 11.4 Å². The van der Waals surface area contributed by atoms with Gasteiger partial charge in [-0.2, -0.15) is 13.2 Å². The zero-order chi connectivity index (χ0) is 25.9. The molecule has 2 aliphatic heterocycles. The quantitative estimate of drug-likeness (QED) is 0.372. The molecule has 1 fully saturated rings. The predicted molar refractivity (Wildman–Crippen MR) is 135 cm³/mol.